The molecule has 3 rings (SSSR count). The minimum absolute atomic E-state index is 0.107. The number of fused-ring (bicyclic) bond motifs is 3. The van der Waals surface area contributed by atoms with Crippen LogP contribution >= 0.6 is 0 Å². The van der Waals surface area contributed by atoms with Crippen molar-refractivity contribution in [1.82, 2.24) is 9.38 Å². The molecule has 0 radical (unpaired) electrons. The normalized spacial score (nSPS) is 17.4. The Morgan fingerprint density at radius 3 is 2.81 bits per heavy atom. The van der Waals surface area contributed by atoms with E-state index < -0.39 is 0 Å². The Balaban J connectivity index is 2.30. The van der Waals surface area contributed by atoms with Gasteiger partial charge in [0, 0.05) is 11.6 Å². The van der Waals surface area contributed by atoms with Crippen LogP contribution in [0.5, 0.6) is 0 Å². The minimum atomic E-state index is 0.107. The van der Waals surface area contributed by atoms with Gasteiger partial charge in [-0.25, -0.2) is 4.98 Å². The molecule has 0 aliphatic heterocycles. The third-order valence-corrected chi connectivity index (χ3v) is 2.94. The van der Waals surface area contributed by atoms with Crippen molar-refractivity contribution in [3.8, 4) is 0 Å². The highest BCUT2D eigenvalue weighted by Gasteiger charge is 2.15. The number of hydrogen-bond acceptors (Lipinski definition) is 1. The van der Waals surface area contributed by atoms with Crippen molar-refractivity contribution in [3.05, 3.63) is 47.9 Å². The van der Waals surface area contributed by atoms with Crippen LogP contribution in [-0.2, 0) is 0 Å². The Labute approximate surface area is 94.9 Å². The maximum Gasteiger partial charge on any atom is 0.137 e. The molecular formula is C14H14N2. The predicted octanol–water partition coefficient (Wildman–Crippen LogP) is 3.40. The zero-order chi connectivity index (χ0) is 11.2. The first-order valence-electron chi connectivity index (χ1n) is 5.51. The average Bonchev–Trinajstić information content (AvgIpc) is 2.54. The molecule has 2 aromatic heterocycles. The van der Waals surface area contributed by atoms with E-state index in [0.29, 0.717) is 0 Å². The monoisotopic (exact) mass is 210 g/mol. The zero-order valence-corrected chi connectivity index (χ0v) is 9.51. The Kier molecular flexibility index (Phi) is 1.81. The Morgan fingerprint density at radius 2 is 1.94 bits per heavy atom. The second kappa shape index (κ2) is 3.08. The summed E-state index contributed by atoms with van der Waals surface area (Å²) in [5.41, 5.74) is 3.32. The van der Waals surface area contributed by atoms with Gasteiger partial charge in [0.05, 0.1) is 11.4 Å². The fourth-order valence-corrected chi connectivity index (χ4v) is 1.96. The zero-order valence-electron chi connectivity index (χ0n) is 9.51. The molecule has 1 aliphatic carbocycles. The van der Waals surface area contributed by atoms with Crippen molar-refractivity contribution in [2.24, 2.45) is 5.41 Å². The molecule has 2 heterocycles. The van der Waals surface area contributed by atoms with Gasteiger partial charge in [-0.2, -0.15) is 0 Å². The predicted molar refractivity (Wildman–Crippen MR) is 67.0 cm³/mol. The summed E-state index contributed by atoms with van der Waals surface area (Å²) in [6.45, 7) is 4.39. The molecule has 2 heteroatoms. The lowest BCUT2D eigenvalue weighted by molar-refractivity contribution is 0.633. The summed E-state index contributed by atoms with van der Waals surface area (Å²) in [6, 6.07) is 6.07. The van der Waals surface area contributed by atoms with Gasteiger partial charge in [-0.3, -0.25) is 4.40 Å². The maximum absolute atomic E-state index is 4.60. The Bertz CT molecular complexity index is 600. The van der Waals surface area contributed by atoms with Crippen LogP contribution in [-0.4, -0.2) is 9.38 Å². The van der Waals surface area contributed by atoms with Gasteiger partial charge in [0.15, 0.2) is 0 Å². The van der Waals surface area contributed by atoms with Crippen molar-refractivity contribution >= 4 is 17.8 Å². The van der Waals surface area contributed by atoms with Gasteiger partial charge in [0.1, 0.15) is 5.65 Å². The number of rotatable bonds is 0. The molecule has 2 nitrogen and oxygen atoms in total. The number of pyridine rings is 1. The van der Waals surface area contributed by atoms with E-state index in [1.165, 1.54) is 0 Å². The number of nitrogens with zero attached hydrogens (tertiary/aromatic N) is 2. The summed E-state index contributed by atoms with van der Waals surface area (Å²) in [7, 11) is 0. The van der Waals surface area contributed by atoms with Crippen LogP contribution in [0.2, 0.25) is 0 Å². The maximum atomic E-state index is 4.60. The number of hydrogen-bond donors (Lipinski definition) is 0. The summed E-state index contributed by atoms with van der Waals surface area (Å²) in [5.74, 6) is 0. The molecule has 0 amide bonds. The third kappa shape index (κ3) is 1.38. The van der Waals surface area contributed by atoms with Crippen LogP contribution in [0.25, 0.3) is 17.8 Å². The molecule has 0 spiro atoms. The topological polar surface area (TPSA) is 17.3 Å². The summed E-state index contributed by atoms with van der Waals surface area (Å²) in [4.78, 5) is 4.60. The van der Waals surface area contributed by atoms with Gasteiger partial charge in [-0.05, 0) is 24.3 Å². The van der Waals surface area contributed by atoms with Gasteiger partial charge >= 0.3 is 0 Å². The third-order valence-electron chi connectivity index (χ3n) is 2.94. The molecule has 0 N–H and O–H groups in total. The van der Waals surface area contributed by atoms with Crippen molar-refractivity contribution in [1.29, 1.82) is 0 Å². The van der Waals surface area contributed by atoms with Crippen LogP contribution in [0.15, 0.2) is 36.5 Å². The quantitative estimate of drug-likeness (QED) is 0.651. The first-order valence-corrected chi connectivity index (χ1v) is 5.51. The van der Waals surface area contributed by atoms with E-state index >= 15 is 0 Å². The van der Waals surface area contributed by atoms with E-state index in [9.17, 15) is 0 Å². The number of imidazole rings is 1. The number of aromatic nitrogens is 2. The van der Waals surface area contributed by atoms with E-state index in [-0.39, 0.29) is 5.41 Å². The van der Waals surface area contributed by atoms with E-state index in [1.807, 2.05) is 18.2 Å². The van der Waals surface area contributed by atoms with Gasteiger partial charge in [0.2, 0.25) is 0 Å². The fraction of sp³-hybridized carbons (Fsp3) is 0.214. The van der Waals surface area contributed by atoms with Gasteiger partial charge < -0.3 is 0 Å². The smallest absolute Gasteiger partial charge is 0.137 e. The SMILES string of the molecule is CC1(C)C=Cc2nc3ccccn3c2C=C1. The van der Waals surface area contributed by atoms with Crippen LogP contribution in [0.1, 0.15) is 25.2 Å². The van der Waals surface area contributed by atoms with Crippen LogP contribution in [0, 0.1) is 5.41 Å². The van der Waals surface area contributed by atoms with Gasteiger partial charge in [0.25, 0.3) is 0 Å². The molecule has 2 aromatic rings. The molecule has 0 saturated carbocycles. The molecule has 80 valence electrons. The average molecular weight is 210 g/mol. The molecule has 0 aromatic carbocycles. The van der Waals surface area contributed by atoms with Gasteiger partial charge in [-0.1, -0.05) is 32.1 Å². The molecule has 1 aliphatic rings. The highest BCUT2D eigenvalue weighted by Crippen LogP contribution is 2.27. The molecule has 0 atom stereocenters. The Hall–Kier alpha value is -1.83. The molecule has 0 fully saturated rings. The van der Waals surface area contributed by atoms with E-state index in [4.69, 9.17) is 0 Å². The Morgan fingerprint density at radius 1 is 1.12 bits per heavy atom. The van der Waals surface area contributed by atoms with E-state index in [1.54, 1.807) is 0 Å². The standard InChI is InChI=1S/C14H14N2/c1-14(2)8-6-11-12(7-9-14)16-10-4-3-5-13(16)15-11/h3-10H,1-2H3. The lowest BCUT2D eigenvalue weighted by atomic mass is 9.93. The van der Waals surface area contributed by atoms with Crippen molar-refractivity contribution in [3.63, 3.8) is 0 Å². The first-order chi connectivity index (χ1) is 7.66. The fourth-order valence-electron chi connectivity index (χ4n) is 1.96. The highest BCUT2D eigenvalue weighted by atomic mass is 15.0. The van der Waals surface area contributed by atoms with Crippen molar-refractivity contribution in [2.75, 3.05) is 0 Å². The van der Waals surface area contributed by atoms with E-state index in [0.717, 1.165) is 17.0 Å². The van der Waals surface area contributed by atoms with E-state index in [2.05, 4.69) is 53.7 Å². The molecule has 16 heavy (non-hydrogen) atoms. The molecular weight excluding hydrogens is 196 g/mol. The summed E-state index contributed by atoms with van der Waals surface area (Å²) < 4.78 is 2.12. The second-order valence-corrected chi connectivity index (χ2v) is 4.80. The largest absolute Gasteiger partial charge is 0.300 e. The van der Waals surface area contributed by atoms with Crippen LogP contribution in [0.4, 0.5) is 0 Å². The summed E-state index contributed by atoms with van der Waals surface area (Å²) >= 11 is 0. The molecule has 0 bridgehead atoms. The first kappa shape index (κ1) is 9.40. The highest BCUT2D eigenvalue weighted by molar-refractivity contribution is 5.68. The summed E-state index contributed by atoms with van der Waals surface area (Å²) in [6.07, 6.45) is 10.7. The molecule has 0 unspecified atom stereocenters. The van der Waals surface area contributed by atoms with Gasteiger partial charge in [-0.15, -0.1) is 0 Å². The van der Waals surface area contributed by atoms with Crippen molar-refractivity contribution in [2.45, 2.75) is 13.8 Å². The minimum Gasteiger partial charge on any atom is -0.300 e. The van der Waals surface area contributed by atoms with Crippen LogP contribution in [0.3, 0.4) is 0 Å². The molecule has 0 saturated heterocycles. The van der Waals surface area contributed by atoms with Crippen LogP contribution < -0.4 is 0 Å². The lowest BCUT2D eigenvalue weighted by Crippen LogP contribution is -2.00. The van der Waals surface area contributed by atoms with Crippen molar-refractivity contribution < 1.29 is 0 Å². The lowest BCUT2D eigenvalue weighted by Gasteiger charge is -2.12. The second-order valence-electron chi connectivity index (χ2n) is 4.80. The summed E-state index contributed by atoms with van der Waals surface area (Å²) in [5, 5.41) is 0. The number of allylic oxidation sites excluding steroid dienone is 2.